The minimum Gasteiger partial charge on any atom is -0.443 e. The molecule has 0 aliphatic heterocycles. The smallest absolute Gasteiger partial charge is 0.419 e. The van der Waals surface area contributed by atoms with Gasteiger partial charge in [0, 0.05) is 24.0 Å². The lowest BCUT2D eigenvalue weighted by molar-refractivity contribution is 0.0544. The van der Waals surface area contributed by atoms with Gasteiger partial charge in [0.15, 0.2) is 0 Å². The number of hydrogen-bond acceptors (Lipinski definition) is 3. The SMILES string of the molecule is CCc1cn(C(=O)OC(C)(C)C)c2ccncc12. The second-order valence-corrected chi connectivity index (χ2v) is 5.25. The Morgan fingerprint density at radius 1 is 1.44 bits per heavy atom. The van der Waals surface area contributed by atoms with Gasteiger partial charge in [0.2, 0.25) is 0 Å². The number of nitrogens with zero attached hydrogens (tertiary/aromatic N) is 2. The topological polar surface area (TPSA) is 44.1 Å². The minimum atomic E-state index is -0.493. The van der Waals surface area contributed by atoms with Gasteiger partial charge in [-0.15, -0.1) is 0 Å². The molecule has 0 aromatic carbocycles. The van der Waals surface area contributed by atoms with Crippen molar-refractivity contribution in [1.82, 2.24) is 9.55 Å². The Hall–Kier alpha value is -1.84. The van der Waals surface area contributed by atoms with E-state index >= 15 is 0 Å². The number of ether oxygens (including phenoxy) is 1. The molecule has 0 aliphatic carbocycles. The average Bonchev–Trinajstić information content (AvgIpc) is 2.65. The Morgan fingerprint density at radius 2 is 2.17 bits per heavy atom. The second kappa shape index (κ2) is 4.44. The van der Waals surface area contributed by atoms with E-state index < -0.39 is 5.60 Å². The highest BCUT2D eigenvalue weighted by Crippen LogP contribution is 2.22. The van der Waals surface area contributed by atoms with Crippen LogP contribution in [-0.2, 0) is 11.2 Å². The Morgan fingerprint density at radius 3 is 2.78 bits per heavy atom. The van der Waals surface area contributed by atoms with Gasteiger partial charge in [-0.1, -0.05) is 6.92 Å². The molecule has 4 nitrogen and oxygen atoms in total. The summed E-state index contributed by atoms with van der Waals surface area (Å²) >= 11 is 0. The molecular weight excluding hydrogens is 228 g/mol. The summed E-state index contributed by atoms with van der Waals surface area (Å²) in [5.41, 5.74) is 1.45. The lowest BCUT2D eigenvalue weighted by Gasteiger charge is -2.19. The highest BCUT2D eigenvalue weighted by molar-refractivity contribution is 5.91. The molecule has 0 N–H and O–H groups in total. The fourth-order valence-electron chi connectivity index (χ4n) is 1.88. The molecule has 0 bridgehead atoms. The molecule has 18 heavy (non-hydrogen) atoms. The zero-order chi connectivity index (χ0) is 13.3. The Balaban J connectivity index is 2.48. The summed E-state index contributed by atoms with van der Waals surface area (Å²) in [5.74, 6) is 0. The number of aromatic nitrogens is 2. The zero-order valence-corrected chi connectivity index (χ0v) is 11.2. The third kappa shape index (κ3) is 2.37. The summed E-state index contributed by atoms with van der Waals surface area (Å²) in [6.45, 7) is 7.64. The van der Waals surface area contributed by atoms with E-state index in [0.717, 1.165) is 22.9 Å². The molecule has 0 atom stereocenters. The maximum absolute atomic E-state index is 12.1. The Labute approximate surface area is 107 Å². The molecule has 0 radical (unpaired) electrons. The predicted molar refractivity (Wildman–Crippen MR) is 70.7 cm³/mol. The van der Waals surface area contributed by atoms with Crippen molar-refractivity contribution in [2.24, 2.45) is 0 Å². The molecule has 4 heteroatoms. The number of fused-ring (bicyclic) bond motifs is 1. The van der Waals surface area contributed by atoms with Crippen molar-refractivity contribution >= 4 is 17.0 Å². The van der Waals surface area contributed by atoms with E-state index in [-0.39, 0.29) is 6.09 Å². The third-order valence-corrected chi connectivity index (χ3v) is 2.66. The Kier molecular flexibility index (Phi) is 3.11. The molecule has 96 valence electrons. The van der Waals surface area contributed by atoms with Crippen molar-refractivity contribution in [3.63, 3.8) is 0 Å². The molecule has 2 aromatic heterocycles. The first-order chi connectivity index (χ1) is 8.42. The number of carbonyl (C=O) groups is 1. The molecule has 2 aromatic rings. The van der Waals surface area contributed by atoms with E-state index in [2.05, 4.69) is 11.9 Å². The van der Waals surface area contributed by atoms with Crippen LogP contribution in [0.3, 0.4) is 0 Å². The summed E-state index contributed by atoms with van der Waals surface area (Å²) in [6.07, 6.45) is 5.81. The van der Waals surface area contributed by atoms with E-state index in [1.165, 1.54) is 0 Å². The Bertz CT molecular complexity index is 579. The van der Waals surface area contributed by atoms with E-state index in [9.17, 15) is 4.79 Å². The van der Waals surface area contributed by atoms with Gasteiger partial charge in [0.25, 0.3) is 0 Å². The molecule has 0 saturated carbocycles. The fraction of sp³-hybridized carbons (Fsp3) is 0.429. The van der Waals surface area contributed by atoms with Gasteiger partial charge in [-0.05, 0) is 38.8 Å². The van der Waals surface area contributed by atoms with Crippen molar-refractivity contribution in [1.29, 1.82) is 0 Å². The van der Waals surface area contributed by atoms with Gasteiger partial charge in [-0.3, -0.25) is 9.55 Å². The first kappa shape index (κ1) is 12.6. The van der Waals surface area contributed by atoms with Gasteiger partial charge in [0.1, 0.15) is 5.60 Å². The highest BCUT2D eigenvalue weighted by Gasteiger charge is 2.20. The van der Waals surface area contributed by atoms with Gasteiger partial charge < -0.3 is 4.74 Å². The molecule has 2 rings (SSSR count). The number of aryl methyl sites for hydroxylation is 1. The molecule has 0 amide bonds. The van der Waals surface area contributed by atoms with Crippen LogP contribution in [0.1, 0.15) is 33.3 Å². The van der Waals surface area contributed by atoms with E-state index in [1.807, 2.05) is 33.0 Å². The van der Waals surface area contributed by atoms with Crippen LogP contribution in [0.5, 0.6) is 0 Å². The van der Waals surface area contributed by atoms with Gasteiger partial charge in [-0.2, -0.15) is 0 Å². The average molecular weight is 246 g/mol. The predicted octanol–water partition coefficient (Wildman–Crippen LogP) is 3.38. The van der Waals surface area contributed by atoms with E-state index in [4.69, 9.17) is 4.74 Å². The molecule has 0 saturated heterocycles. The number of carbonyl (C=O) groups excluding carboxylic acids is 1. The van der Waals surface area contributed by atoms with Gasteiger partial charge >= 0.3 is 6.09 Å². The third-order valence-electron chi connectivity index (χ3n) is 2.66. The fourth-order valence-corrected chi connectivity index (χ4v) is 1.88. The maximum Gasteiger partial charge on any atom is 0.419 e. The zero-order valence-electron chi connectivity index (χ0n) is 11.2. The van der Waals surface area contributed by atoms with Crippen LogP contribution in [0, 0.1) is 0 Å². The lowest BCUT2D eigenvalue weighted by atomic mass is 10.2. The molecule has 0 aliphatic rings. The molecule has 2 heterocycles. The van der Waals surface area contributed by atoms with Gasteiger partial charge in [-0.25, -0.2) is 4.79 Å². The largest absolute Gasteiger partial charge is 0.443 e. The number of rotatable bonds is 1. The summed E-state index contributed by atoms with van der Waals surface area (Å²) in [5, 5.41) is 1.01. The standard InChI is InChI=1S/C14H18N2O2/c1-5-10-9-16(13(17)18-14(2,3)4)12-6-7-15-8-11(10)12/h6-9H,5H2,1-4H3. The van der Waals surface area contributed by atoms with Crippen LogP contribution in [0.2, 0.25) is 0 Å². The van der Waals surface area contributed by atoms with E-state index in [0.29, 0.717) is 0 Å². The van der Waals surface area contributed by atoms with Crippen molar-refractivity contribution < 1.29 is 9.53 Å². The number of hydrogen-bond donors (Lipinski definition) is 0. The molecule has 0 spiro atoms. The van der Waals surface area contributed by atoms with Crippen LogP contribution in [0.4, 0.5) is 4.79 Å². The van der Waals surface area contributed by atoms with Crippen LogP contribution in [-0.4, -0.2) is 21.2 Å². The number of pyridine rings is 1. The quantitative estimate of drug-likeness (QED) is 0.774. The van der Waals surface area contributed by atoms with Crippen molar-refractivity contribution in [3.05, 3.63) is 30.2 Å². The van der Waals surface area contributed by atoms with Crippen LogP contribution >= 0.6 is 0 Å². The summed E-state index contributed by atoms with van der Waals surface area (Å²) in [6, 6.07) is 1.83. The first-order valence-electron chi connectivity index (χ1n) is 6.09. The van der Waals surface area contributed by atoms with Crippen LogP contribution in [0.25, 0.3) is 10.9 Å². The van der Waals surface area contributed by atoms with Crippen molar-refractivity contribution in [2.75, 3.05) is 0 Å². The molecular formula is C14H18N2O2. The summed E-state index contributed by atoms with van der Waals surface area (Å²) in [4.78, 5) is 16.2. The maximum atomic E-state index is 12.1. The highest BCUT2D eigenvalue weighted by atomic mass is 16.6. The van der Waals surface area contributed by atoms with Crippen LogP contribution < -0.4 is 0 Å². The normalized spacial score (nSPS) is 11.8. The second-order valence-electron chi connectivity index (χ2n) is 5.25. The first-order valence-corrected chi connectivity index (χ1v) is 6.09. The van der Waals surface area contributed by atoms with E-state index in [1.54, 1.807) is 17.0 Å². The van der Waals surface area contributed by atoms with Crippen molar-refractivity contribution in [3.8, 4) is 0 Å². The summed E-state index contributed by atoms with van der Waals surface area (Å²) < 4.78 is 6.95. The van der Waals surface area contributed by atoms with Crippen molar-refractivity contribution in [2.45, 2.75) is 39.7 Å². The molecule has 0 fully saturated rings. The monoisotopic (exact) mass is 246 g/mol. The lowest BCUT2D eigenvalue weighted by Crippen LogP contribution is -2.26. The van der Waals surface area contributed by atoms with Crippen LogP contribution in [0.15, 0.2) is 24.7 Å². The molecule has 0 unspecified atom stereocenters. The summed E-state index contributed by atoms with van der Waals surface area (Å²) in [7, 11) is 0. The van der Waals surface area contributed by atoms with Gasteiger partial charge in [0.05, 0.1) is 5.52 Å². The minimum absolute atomic E-state index is 0.349.